The van der Waals surface area contributed by atoms with Gasteiger partial charge >= 0.3 is 0 Å². The van der Waals surface area contributed by atoms with E-state index in [1.165, 1.54) is 19.4 Å². The molecule has 1 amide bonds. The summed E-state index contributed by atoms with van der Waals surface area (Å²) in [5.41, 5.74) is 5.46. The molecule has 0 saturated carbocycles. The summed E-state index contributed by atoms with van der Waals surface area (Å²) in [6, 6.07) is 0.588. The number of carbonyl (C=O) groups excluding carboxylic acids is 1. The number of rotatable bonds is 3. The van der Waals surface area contributed by atoms with Crippen LogP contribution in [0.1, 0.15) is 39.5 Å². The highest BCUT2D eigenvalue weighted by Gasteiger charge is 2.37. The van der Waals surface area contributed by atoms with Gasteiger partial charge in [0.2, 0.25) is 5.91 Å². The van der Waals surface area contributed by atoms with Crippen molar-refractivity contribution in [1.29, 1.82) is 0 Å². The molecule has 0 radical (unpaired) electrons. The lowest BCUT2D eigenvalue weighted by Crippen LogP contribution is -2.59. The van der Waals surface area contributed by atoms with Gasteiger partial charge in [0.15, 0.2) is 0 Å². The third-order valence-electron chi connectivity index (χ3n) is 4.13. The van der Waals surface area contributed by atoms with Crippen molar-refractivity contribution in [2.75, 3.05) is 26.2 Å². The number of hydrogen-bond donors (Lipinski definition) is 1. The monoisotopic (exact) mass is 239 g/mol. The Morgan fingerprint density at radius 2 is 2.18 bits per heavy atom. The van der Waals surface area contributed by atoms with Gasteiger partial charge in [-0.15, -0.1) is 0 Å². The highest BCUT2D eigenvalue weighted by molar-refractivity contribution is 5.85. The van der Waals surface area contributed by atoms with Crippen LogP contribution in [0.15, 0.2) is 0 Å². The molecular formula is C13H25N3O. The molecule has 2 aliphatic rings. The van der Waals surface area contributed by atoms with Crippen molar-refractivity contribution in [1.82, 2.24) is 9.80 Å². The van der Waals surface area contributed by atoms with E-state index in [-0.39, 0.29) is 5.91 Å². The van der Waals surface area contributed by atoms with E-state index in [4.69, 9.17) is 5.73 Å². The smallest absolute Gasteiger partial charge is 0.242 e. The van der Waals surface area contributed by atoms with E-state index >= 15 is 0 Å². The zero-order chi connectivity index (χ0) is 12.5. The molecule has 2 aliphatic heterocycles. The number of carbonyl (C=O) groups is 1. The van der Waals surface area contributed by atoms with E-state index in [9.17, 15) is 4.79 Å². The van der Waals surface area contributed by atoms with Crippen molar-refractivity contribution in [2.45, 2.75) is 51.1 Å². The Hall–Kier alpha value is -0.610. The molecule has 2 rings (SSSR count). The van der Waals surface area contributed by atoms with Gasteiger partial charge in [0.05, 0.1) is 5.54 Å². The molecule has 2 fully saturated rings. The molecule has 2 unspecified atom stereocenters. The summed E-state index contributed by atoms with van der Waals surface area (Å²) in [4.78, 5) is 16.9. The zero-order valence-electron chi connectivity index (χ0n) is 11.1. The first-order valence-electron chi connectivity index (χ1n) is 6.87. The average molecular weight is 239 g/mol. The summed E-state index contributed by atoms with van der Waals surface area (Å²) >= 11 is 0. The van der Waals surface area contributed by atoms with Gasteiger partial charge in [-0.1, -0.05) is 13.3 Å². The summed E-state index contributed by atoms with van der Waals surface area (Å²) in [6.45, 7) is 7.93. The summed E-state index contributed by atoms with van der Waals surface area (Å²) in [7, 11) is 0. The quantitative estimate of drug-likeness (QED) is 0.793. The molecule has 0 bridgehead atoms. The van der Waals surface area contributed by atoms with Crippen molar-refractivity contribution in [3.05, 3.63) is 0 Å². The van der Waals surface area contributed by atoms with Crippen molar-refractivity contribution in [3.8, 4) is 0 Å². The van der Waals surface area contributed by atoms with E-state index < -0.39 is 5.54 Å². The predicted molar refractivity (Wildman–Crippen MR) is 68.7 cm³/mol. The summed E-state index contributed by atoms with van der Waals surface area (Å²) < 4.78 is 0. The number of amides is 1. The normalized spacial score (nSPS) is 28.9. The molecule has 0 aromatic heterocycles. The fraction of sp³-hybridized carbons (Fsp3) is 0.923. The molecule has 0 aromatic carbocycles. The van der Waals surface area contributed by atoms with E-state index in [0.29, 0.717) is 6.04 Å². The predicted octanol–water partition coefficient (Wildman–Crippen LogP) is 0.811. The van der Waals surface area contributed by atoms with Crippen molar-refractivity contribution >= 4 is 5.91 Å². The molecule has 98 valence electrons. The lowest BCUT2D eigenvalue weighted by molar-refractivity contribution is -0.139. The Bertz CT molecular complexity index is 290. The Kier molecular flexibility index (Phi) is 3.73. The molecule has 0 spiro atoms. The second-order valence-corrected chi connectivity index (χ2v) is 5.75. The lowest BCUT2D eigenvalue weighted by Gasteiger charge is -2.40. The van der Waals surface area contributed by atoms with Crippen LogP contribution in [0.3, 0.4) is 0 Å². The van der Waals surface area contributed by atoms with Crippen LogP contribution in [0.2, 0.25) is 0 Å². The van der Waals surface area contributed by atoms with Crippen molar-refractivity contribution in [2.24, 2.45) is 5.73 Å². The van der Waals surface area contributed by atoms with Crippen LogP contribution in [-0.4, -0.2) is 53.5 Å². The van der Waals surface area contributed by atoms with Crippen molar-refractivity contribution < 1.29 is 4.79 Å². The fourth-order valence-electron chi connectivity index (χ4n) is 3.16. The summed E-state index contributed by atoms with van der Waals surface area (Å²) in [6.07, 6.45) is 4.25. The first kappa shape index (κ1) is 12.8. The van der Waals surface area contributed by atoms with Crippen LogP contribution in [0.4, 0.5) is 0 Å². The Balaban J connectivity index is 1.96. The SMILES string of the molecule is CCCC(C)(N)C(=O)N1CCN2CCCC2C1. The van der Waals surface area contributed by atoms with E-state index in [2.05, 4.69) is 11.8 Å². The standard InChI is InChI=1S/C13H25N3O/c1-3-6-13(2,14)12(17)16-9-8-15-7-4-5-11(15)10-16/h11H,3-10,14H2,1-2H3. The molecule has 4 heteroatoms. The summed E-state index contributed by atoms with van der Waals surface area (Å²) in [5.74, 6) is 0.144. The van der Waals surface area contributed by atoms with E-state index in [0.717, 1.165) is 32.5 Å². The minimum absolute atomic E-state index is 0.144. The highest BCUT2D eigenvalue weighted by Crippen LogP contribution is 2.23. The summed E-state index contributed by atoms with van der Waals surface area (Å²) in [5, 5.41) is 0. The first-order chi connectivity index (χ1) is 8.04. The number of piperazine rings is 1. The fourth-order valence-corrected chi connectivity index (χ4v) is 3.16. The van der Waals surface area contributed by atoms with Gasteiger partial charge < -0.3 is 10.6 Å². The number of hydrogen-bond acceptors (Lipinski definition) is 3. The molecular weight excluding hydrogens is 214 g/mol. The van der Waals surface area contributed by atoms with Gasteiger partial charge in [-0.05, 0) is 32.7 Å². The minimum atomic E-state index is -0.671. The molecule has 4 nitrogen and oxygen atoms in total. The van der Waals surface area contributed by atoms with Crippen LogP contribution < -0.4 is 5.73 Å². The van der Waals surface area contributed by atoms with Crippen LogP contribution in [0.25, 0.3) is 0 Å². The van der Waals surface area contributed by atoms with Gasteiger partial charge in [-0.3, -0.25) is 9.69 Å². The molecule has 2 atom stereocenters. The number of fused-ring (bicyclic) bond motifs is 1. The lowest BCUT2D eigenvalue weighted by atomic mass is 9.95. The highest BCUT2D eigenvalue weighted by atomic mass is 16.2. The molecule has 2 heterocycles. The maximum atomic E-state index is 12.4. The van der Waals surface area contributed by atoms with Crippen LogP contribution in [0, 0.1) is 0 Å². The molecule has 17 heavy (non-hydrogen) atoms. The third kappa shape index (κ3) is 2.63. The Morgan fingerprint density at radius 1 is 1.41 bits per heavy atom. The molecule has 0 aliphatic carbocycles. The number of nitrogens with two attached hydrogens (primary N) is 1. The maximum absolute atomic E-state index is 12.4. The first-order valence-corrected chi connectivity index (χ1v) is 6.87. The van der Waals surface area contributed by atoms with Gasteiger partial charge in [-0.25, -0.2) is 0 Å². The largest absolute Gasteiger partial charge is 0.338 e. The molecule has 2 N–H and O–H groups in total. The zero-order valence-corrected chi connectivity index (χ0v) is 11.1. The van der Waals surface area contributed by atoms with Crippen LogP contribution in [-0.2, 0) is 4.79 Å². The van der Waals surface area contributed by atoms with Gasteiger partial charge in [-0.2, -0.15) is 0 Å². The second-order valence-electron chi connectivity index (χ2n) is 5.75. The number of nitrogens with zero attached hydrogens (tertiary/aromatic N) is 2. The Morgan fingerprint density at radius 3 is 2.88 bits per heavy atom. The third-order valence-corrected chi connectivity index (χ3v) is 4.13. The Labute approximate surface area is 104 Å². The second kappa shape index (κ2) is 4.94. The van der Waals surface area contributed by atoms with Gasteiger partial charge in [0.25, 0.3) is 0 Å². The van der Waals surface area contributed by atoms with E-state index in [1.807, 2.05) is 11.8 Å². The van der Waals surface area contributed by atoms with Crippen LogP contribution >= 0.6 is 0 Å². The average Bonchev–Trinajstić information content (AvgIpc) is 2.74. The molecule has 0 aromatic rings. The van der Waals surface area contributed by atoms with Crippen LogP contribution in [0.5, 0.6) is 0 Å². The van der Waals surface area contributed by atoms with Crippen molar-refractivity contribution in [3.63, 3.8) is 0 Å². The minimum Gasteiger partial charge on any atom is -0.338 e. The van der Waals surface area contributed by atoms with E-state index in [1.54, 1.807) is 0 Å². The topological polar surface area (TPSA) is 49.6 Å². The maximum Gasteiger partial charge on any atom is 0.242 e. The van der Waals surface area contributed by atoms with Gasteiger partial charge in [0.1, 0.15) is 0 Å². The molecule has 2 saturated heterocycles. The van der Waals surface area contributed by atoms with Gasteiger partial charge in [0, 0.05) is 25.7 Å².